The maximum atomic E-state index is 13.3. The van der Waals surface area contributed by atoms with Crippen molar-refractivity contribution in [3.05, 3.63) is 94.1 Å². The number of hydrogen-bond acceptors (Lipinski definition) is 4. The first kappa shape index (κ1) is 33.6. The van der Waals surface area contributed by atoms with E-state index in [9.17, 15) is 70.2 Å². The summed E-state index contributed by atoms with van der Waals surface area (Å²) >= 11 is -5.76. The molecule has 0 spiro atoms. The Morgan fingerprint density at radius 2 is 0.357 bits per heavy atom. The van der Waals surface area contributed by atoms with Gasteiger partial charge in [0.15, 0.2) is 0 Å². The molecule has 4 rings (SSSR count). The van der Waals surface area contributed by atoms with E-state index in [0.29, 0.717) is 0 Å². The van der Waals surface area contributed by atoms with E-state index in [-0.39, 0.29) is 0 Å². The van der Waals surface area contributed by atoms with Gasteiger partial charge in [0.2, 0.25) is 0 Å². The molecule has 0 saturated carbocycles. The molecule has 0 aliphatic rings. The van der Waals surface area contributed by atoms with Crippen molar-refractivity contribution < 1.29 is 70.2 Å². The van der Waals surface area contributed by atoms with Gasteiger partial charge in [-0.3, -0.25) is 0 Å². The number of hydrogen-bond donors (Lipinski definition) is 0. The summed E-state index contributed by atoms with van der Waals surface area (Å²) in [4.78, 5) is 8.98. The van der Waals surface area contributed by atoms with Crippen molar-refractivity contribution in [3.63, 3.8) is 0 Å². The molecule has 224 valence electrons. The van der Waals surface area contributed by atoms with E-state index >= 15 is 0 Å². The fourth-order valence-corrected chi connectivity index (χ4v) is 7.57. The molecule has 0 radical (unpaired) electrons. The first-order valence-electron chi connectivity index (χ1n) is 9.63. The van der Waals surface area contributed by atoms with Crippen LogP contribution < -0.4 is 14.4 Å². The van der Waals surface area contributed by atoms with E-state index < -0.39 is 150 Å². The van der Waals surface area contributed by atoms with Crippen molar-refractivity contribution in [2.45, 2.75) is 0 Å². The van der Waals surface area contributed by atoms with Crippen LogP contribution in [0, 0.1) is 94.1 Å². The van der Waals surface area contributed by atoms with Crippen molar-refractivity contribution in [1.82, 2.24) is 19.9 Å². The van der Waals surface area contributed by atoms with Crippen LogP contribution in [0.15, 0.2) is 0 Å². The molecule has 0 aliphatic carbocycles. The predicted octanol–water partition coefficient (Wildman–Crippen LogP) is 2.49. The average molecular weight is 855 g/mol. The number of nitrogens with zero attached hydrogens (tertiary/aromatic N) is 4. The fraction of sp³-hybridized carbons (Fsp3) is 0. The quantitative estimate of drug-likeness (QED) is 0.180. The second kappa shape index (κ2) is 13.1. The molecular formula is C20F16N4Te2. The average Bonchev–Trinajstić information content (AvgIpc) is 2.92. The van der Waals surface area contributed by atoms with Crippen LogP contribution in [0.3, 0.4) is 0 Å². The number of rotatable bonds is 4. The van der Waals surface area contributed by atoms with Gasteiger partial charge in [-0.05, 0) is 0 Å². The number of aromatic nitrogens is 4. The SMILES string of the molecule is Fc1nc(F)c(F)c([Te]c2c(F)c(F)nc(F)c2F)c1F.Fc1nc(F)c(F)c([Te]c2c(F)c(F)nc(F)c2F)c1F. The Balaban J connectivity index is 0.000000230. The molecule has 0 fully saturated rings. The van der Waals surface area contributed by atoms with Crippen molar-refractivity contribution in [2.75, 3.05) is 0 Å². The maximum absolute atomic E-state index is 13.3. The first-order chi connectivity index (χ1) is 19.5. The summed E-state index contributed by atoms with van der Waals surface area (Å²) in [6, 6.07) is 0. The van der Waals surface area contributed by atoms with Crippen LogP contribution in [-0.2, 0) is 0 Å². The van der Waals surface area contributed by atoms with Gasteiger partial charge in [-0.25, -0.2) is 0 Å². The Bertz CT molecular complexity index is 1370. The van der Waals surface area contributed by atoms with Crippen molar-refractivity contribution in [2.24, 2.45) is 0 Å². The van der Waals surface area contributed by atoms with Gasteiger partial charge in [0.25, 0.3) is 0 Å². The molecule has 22 heteroatoms. The fourth-order valence-electron chi connectivity index (χ4n) is 2.43. The third-order valence-electron chi connectivity index (χ3n) is 4.24. The third-order valence-corrected chi connectivity index (χ3v) is 10.7. The monoisotopic (exact) mass is 860 g/mol. The van der Waals surface area contributed by atoms with E-state index in [1.807, 2.05) is 0 Å². The van der Waals surface area contributed by atoms with E-state index in [2.05, 4.69) is 19.9 Å². The van der Waals surface area contributed by atoms with Crippen molar-refractivity contribution >= 4 is 56.3 Å². The van der Waals surface area contributed by atoms with Crippen LogP contribution in [0.1, 0.15) is 0 Å². The van der Waals surface area contributed by atoms with E-state index in [1.54, 1.807) is 0 Å². The van der Waals surface area contributed by atoms with Gasteiger partial charge in [0.1, 0.15) is 0 Å². The molecule has 0 bridgehead atoms. The van der Waals surface area contributed by atoms with Crippen LogP contribution in [-0.4, -0.2) is 61.8 Å². The summed E-state index contributed by atoms with van der Waals surface area (Å²) in [5, 5.41) is 0. The zero-order chi connectivity index (χ0) is 31.8. The Labute approximate surface area is 240 Å². The van der Waals surface area contributed by atoms with Gasteiger partial charge in [-0.2, -0.15) is 0 Å². The molecule has 0 N–H and O–H groups in total. The van der Waals surface area contributed by atoms with E-state index in [4.69, 9.17) is 0 Å². The molecule has 0 saturated heterocycles. The Morgan fingerprint density at radius 3 is 0.476 bits per heavy atom. The van der Waals surface area contributed by atoms with Crippen LogP contribution in [0.2, 0.25) is 0 Å². The number of pyridine rings is 4. The molecular weight excluding hydrogens is 855 g/mol. The van der Waals surface area contributed by atoms with E-state index in [1.165, 1.54) is 0 Å². The molecule has 0 aromatic carbocycles. The van der Waals surface area contributed by atoms with E-state index in [0.717, 1.165) is 0 Å². The van der Waals surface area contributed by atoms with Gasteiger partial charge < -0.3 is 0 Å². The Hall–Kier alpha value is -2.94. The standard InChI is InChI=1S/2C10F8N2Te/c2*11-1-5(2(12)8(16)19-7(1)15)21-6-3(13)9(17)20-10(18)4(6)14. The van der Waals surface area contributed by atoms with Crippen molar-refractivity contribution in [3.8, 4) is 0 Å². The summed E-state index contributed by atoms with van der Waals surface area (Å²) in [6.45, 7) is 0. The van der Waals surface area contributed by atoms with Crippen LogP contribution in [0.4, 0.5) is 70.2 Å². The molecule has 4 heterocycles. The van der Waals surface area contributed by atoms with Crippen LogP contribution in [0.5, 0.6) is 0 Å². The summed E-state index contributed by atoms with van der Waals surface area (Å²) in [7, 11) is 0. The molecule has 4 aromatic heterocycles. The molecule has 4 aromatic rings. The van der Waals surface area contributed by atoms with Crippen LogP contribution in [0.25, 0.3) is 0 Å². The Kier molecular flexibility index (Phi) is 10.5. The van der Waals surface area contributed by atoms with Gasteiger partial charge in [0, 0.05) is 0 Å². The van der Waals surface area contributed by atoms with Gasteiger partial charge >= 0.3 is 241 Å². The first-order valence-corrected chi connectivity index (χ1v) is 14.3. The third kappa shape index (κ3) is 6.66. The molecule has 0 amide bonds. The van der Waals surface area contributed by atoms with Gasteiger partial charge in [0.05, 0.1) is 0 Å². The van der Waals surface area contributed by atoms with Gasteiger partial charge in [-0.15, -0.1) is 0 Å². The Morgan fingerprint density at radius 1 is 0.238 bits per heavy atom. The molecule has 0 aliphatic heterocycles. The summed E-state index contributed by atoms with van der Waals surface area (Å²) in [5.41, 5.74) is 0. The zero-order valence-electron chi connectivity index (χ0n) is 18.7. The summed E-state index contributed by atoms with van der Waals surface area (Å²) in [6.07, 6.45) is 0. The van der Waals surface area contributed by atoms with Gasteiger partial charge in [-0.1, -0.05) is 0 Å². The summed E-state index contributed by atoms with van der Waals surface area (Å²) in [5.74, 6) is -32.1. The second-order valence-corrected chi connectivity index (χ2v) is 12.6. The molecule has 42 heavy (non-hydrogen) atoms. The van der Waals surface area contributed by atoms with Crippen molar-refractivity contribution in [1.29, 1.82) is 0 Å². The molecule has 0 atom stereocenters. The zero-order valence-corrected chi connectivity index (χ0v) is 23.3. The minimum absolute atomic E-state index is 1.34. The predicted molar refractivity (Wildman–Crippen MR) is 106 cm³/mol. The normalized spacial score (nSPS) is 11.0. The minimum atomic E-state index is -2.88. The van der Waals surface area contributed by atoms with Crippen LogP contribution >= 0.6 is 0 Å². The topological polar surface area (TPSA) is 51.6 Å². The molecule has 0 unspecified atom stereocenters. The summed E-state index contributed by atoms with van der Waals surface area (Å²) < 4.78 is 204. The second-order valence-electron chi connectivity index (χ2n) is 6.81. The number of halogens is 16. The molecule has 4 nitrogen and oxygen atoms in total.